The van der Waals surface area contributed by atoms with Crippen molar-refractivity contribution in [3.63, 3.8) is 0 Å². The Morgan fingerprint density at radius 1 is 1.50 bits per heavy atom. The van der Waals surface area contributed by atoms with Crippen LogP contribution < -0.4 is 5.73 Å². The molecule has 16 heavy (non-hydrogen) atoms. The van der Waals surface area contributed by atoms with E-state index >= 15 is 0 Å². The van der Waals surface area contributed by atoms with Gasteiger partial charge in [0.05, 0.1) is 12.6 Å². The van der Waals surface area contributed by atoms with Gasteiger partial charge in [-0.25, -0.2) is 9.18 Å². The fourth-order valence-electron chi connectivity index (χ4n) is 1.23. The summed E-state index contributed by atoms with van der Waals surface area (Å²) in [5.74, 6) is -0.912. The van der Waals surface area contributed by atoms with Gasteiger partial charge in [-0.05, 0) is 24.6 Å². The average Bonchev–Trinajstić information content (AvgIpc) is 2.28. The van der Waals surface area contributed by atoms with Gasteiger partial charge in [0.15, 0.2) is 0 Å². The van der Waals surface area contributed by atoms with E-state index < -0.39 is 18.2 Å². The molecule has 1 aromatic carbocycles. The van der Waals surface area contributed by atoms with Crippen LogP contribution in [0.3, 0.4) is 0 Å². The standard InChI is InChI=1S/C11H14FNO3/c1-2-16-11(15)9(12)10(13)7-3-5-8(14)6-4-7/h3-6,9-10,14H,2,13H2,1H3/t9?,10-/m0/s1. The molecule has 1 unspecified atom stereocenters. The zero-order valence-electron chi connectivity index (χ0n) is 8.89. The Hall–Kier alpha value is -1.62. The fourth-order valence-corrected chi connectivity index (χ4v) is 1.23. The molecule has 0 radical (unpaired) electrons. The van der Waals surface area contributed by atoms with Gasteiger partial charge in [-0.2, -0.15) is 0 Å². The van der Waals surface area contributed by atoms with Crippen LogP contribution >= 0.6 is 0 Å². The van der Waals surface area contributed by atoms with Gasteiger partial charge in [0.1, 0.15) is 5.75 Å². The second kappa shape index (κ2) is 5.46. The van der Waals surface area contributed by atoms with Crippen LogP contribution in [0.1, 0.15) is 18.5 Å². The number of halogens is 1. The summed E-state index contributed by atoms with van der Waals surface area (Å²) in [5.41, 5.74) is 5.99. The van der Waals surface area contributed by atoms with Crippen molar-refractivity contribution >= 4 is 5.97 Å². The summed E-state index contributed by atoms with van der Waals surface area (Å²) in [7, 11) is 0. The topological polar surface area (TPSA) is 72.5 Å². The van der Waals surface area contributed by atoms with Gasteiger partial charge in [0.2, 0.25) is 6.17 Å². The predicted molar refractivity (Wildman–Crippen MR) is 56.6 cm³/mol. The number of carbonyl (C=O) groups excluding carboxylic acids is 1. The van der Waals surface area contributed by atoms with Crippen LogP contribution in [0.15, 0.2) is 24.3 Å². The Kier molecular flexibility index (Phi) is 4.25. The Morgan fingerprint density at radius 3 is 2.56 bits per heavy atom. The molecule has 5 heteroatoms. The molecule has 0 saturated heterocycles. The molecule has 1 rings (SSSR count). The van der Waals surface area contributed by atoms with E-state index in [9.17, 15) is 9.18 Å². The third-order valence-electron chi connectivity index (χ3n) is 2.11. The van der Waals surface area contributed by atoms with Gasteiger partial charge in [-0.1, -0.05) is 12.1 Å². The summed E-state index contributed by atoms with van der Waals surface area (Å²) < 4.78 is 18.0. The number of rotatable bonds is 4. The Morgan fingerprint density at radius 2 is 2.06 bits per heavy atom. The Labute approximate surface area is 92.8 Å². The van der Waals surface area contributed by atoms with Gasteiger partial charge in [-0.15, -0.1) is 0 Å². The SMILES string of the molecule is CCOC(=O)C(F)[C@@H](N)c1ccc(O)cc1. The van der Waals surface area contributed by atoms with Gasteiger partial charge in [0, 0.05) is 0 Å². The first-order valence-electron chi connectivity index (χ1n) is 4.91. The van der Waals surface area contributed by atoms with Crippen molar-refractivity contribution in [1.82, 2.24) is 0 Å². The lowest BCUT2D eigenvalue weighted by Gasteiger charge is -2.15. The average molecular weight is 227 g/mol. The van der Waals surface area contributed by atoms with Crippen LogP contribution in [0.5, 0.6) is 5.75 Å². The van der Waals surface area contributed by atoms with Crippen molar-refractivity contribution in [2.45, 2.75) is 19.1 Å². The first-order valence-corrected chi connectivity index (χ1v) is 4.91. The molecule has 0 spiro atoms. The smallest absolute Gasteiger partial charge is 0.342 e. The molecule has 88 valence electrons. The van der Waals surface area contributed by atoms with Crippen LogP contribution in [0.25, 0.3) is 0 Å². The monoisotopic (exact) mass is 227 g/mol. The number of hydrogen-bond donors (Lipinski definition) is 2. The molecule has 0 aliphatic carbocycles. The Balaban J connectivity index is 2.73. The molecular weight excluding hydrogens is 213 g/mol. The highest BCUT2D eigenvalue weighted by molar-refractivity contribution is 5.75. The predicted octanol–water partition coefficient (Wildman–Crippen LogP) is 1.29. The molecule has 0 fully saturated rings. The second-order valence-corrected chi connectivity index (χ2v) is 3.27. The molecule has 0 amide bonds. The highest BCUT2D eigenvalue weighted by atomic mass is 19.1. The number of benzene rings is 1. The maximum Gasteiger partial charge on any atom is 0.342 e. The maximum atomic E-state index is 13.5. The second-order valence-electron chi connectivity index (χ2n) is 3.27. The lowest BCUT2D eigenvalue weighted by molar-refractivity contribution is -0.149. The number of esters is 1. The van der Waals surface area contributed by atoms with Crippen LogP contribution in [0.4, 0.5) is 4.39 Å². The van der Waals surface area contributed by atoms with E-state index in [1.54, 1.807) is 6.92 Å². The highest BCUT2D eigenvalue weighted by Gasteiger charge is 2.27. The Bertz CT molecular complexity index is 353. The summed E-state index contributed by atoms with van der Waals surface area (Å²) >= 11 is 0. The first-order chi connectivity index (χ1) is 7.56. The number of nitrogens with two attached hydrogens (primary N) is 1. The van der Waals surface area contributed by atoms with Crippen molar-refractivity contribution in [2.75, 3.05) is 6.61 Å². The number of ether oxygens (including phenoxy) is 1. The zero-order chi connectivity index (χ0) is 12.1. The van der Waals surface area contributed by atoms with Crippen molar-refractivity contribution < 1.29 is 19.0 Å². The third-order valence-corrected chi connectivity index (χ3v) is 2.11. The number of phenols is 1. The van der Waals surface area contributed by atoms with Gasteiger partial charge >= 0.3 is 5.97 Å². The largest absolute Gasteiger partial charge is 0.508 e. The normalized spacial score (nSPS) is 14.2. The van der Waals surface area contributed by atoms with Crippen molar-refractivity contribution in [2.24, 2.45) is 5.73 Å². The summed E-state index contributed by atoms with van der Waals surface area (Å²) in [6.07, 6.45) is -1.90. The third kappa shape index (κ3) is 2.93. The summed E-state index contributed by atoms with van der Waals surface area (Å²) in [6.45, 7) is 1.71. The number of hydrogen-bond acceptors (Lipinski definition) is 4. The molecule has 0 aromatic heterocycles. The number of aromatic hydroxyl groups is 1. The fraction of sp³-hybridized carbons (Fsp3) is 0.364. The van der Waals surface area contributed by atoms with Crippen LogP contribution in [0.2, 0.25) is 0 Å². The molecule has 3 N–H and O–H groups in total. The molecule has 4 nitrogen and oxygen atoms in total. The van der Waals surface area contributed by atoms with E-state index in [4.69, 9.17) is 10.8 Å². The maximum absolute atomic E-state index is 13.5. The van der Waals surface area contributed by atoms with Crippen molar-refractivity contribution in [3.8, 4) is 5.75 Å². The lowest BCUT2D eigenvalue weighted by atomic mass is 10.0. The summed E-state index contributed by atoms with van der Waals surface area (Å²) in [5, 5.41) is 9.04. The number of alkyl halides is 1. The minimum atomic E-state index is -1.90. The van der Waals surface area contributed by atoms with E-state index in [0.29, 0.717) is 5.56 Å². The molecule has 2 atom stereocenters. The highest BCUT2D eigenvalue weighted by Crippen LogP contribution is 2.20. The molecular formula is C11H14FNO3. The molecule has 0 aliphatic rings. The van der Waals surface area contributed by atoms with E-state index in [-0.39, 0.29) is 12.4 Å². The van der Waals surface area contributed by atoms with Crippen LogP contribution in [-0.4, -0.2) is 23.9 Å². The molecule has 0 bridgehead atoms. The number of carbonyl (C=O) groups is 1. The van der Waals surface area contributed by atoms with E-state index in [0.717, 1.165) is 0 Å². The minimum Gasteiger partial charge on any atom is -0.508 e. The first kappa shape index (κ1) is 12.4. The molecule has 0 saturated carbocycles. The molecule has 0 heterocycles. The van der Waals surface area contributed by atoms with Crippen LogP contribution in [-0.2, 0) is 9.53 Å². The molecule has 1 aromatic rings. The lowest BCUT2D eigenvalue weighted by Crippen LogP contribution is -2.31. The molecule has 0 aliphatic heterocycles. The van der Waals surface area contributed by atoms with Crippen LogP contribution in [0, 0.1) is 0 Å². The summed E-state index contributed by atoms with van der Waals surface area (Å²) in [4.78, 5) is 11.1. The quantitative estimate of drug-likeness (QED) is 0.760. The van der Waals surface area contributed by atoms with Gasteiger partial charge in [0.25, 0.3) is 0 Å². The van der Waals surface area contributed by atoms with E-state index in [1.807, 2.05) is 0 Å². The minimum absolute atomic E-state index is 0.0579. The zero-order valence-corrected chi connectivity index (χ0v) is 8.89. The van der Waals surface area contributed by atoms with Crippen molar-refractivity contribution in [3.05, 3.63) is 29.8 Å². The van der Waals surface area contributed by atoms with Gasteiger partial charge < -0.3 is 15.6 Å². The van der Waals surface area contributed by atoms with Gasteiger partial charge in [-0.3, -0.25) is 0 Å². The van der Waals surface area contributed by atoms with E-state index in [2.05, 4.69) is 4.74 Å². The van der Waals surface area contributed by atoms with E-state index in [1.165, 1.54) is 24.3 Å². The summed E-state index contributed by atoms with van der Waals surface area (Å²) in [6, 6.07) is 4.61. The number of phenolic OH excluding ortho intramolecular Hbond substituents is 1. The van der Waals surface area contributed by atoms with Crippen molar-refractivity contribution in [1.29, 1.82) is 0 Å².